The highest BCUT2D eigenvalue weighted by atomic mass is 32.2. The molecule has 5 rings (SSSR count). The van der Waals surface area contributed by atoms with E-state index in [2.05, 4.69) is 10.6 Å². The predicted molar refractivity (Wildman–Crippen MR) is 137 cm³/mol. The summed E-state index contributed by atoms with van der Waals surface area (Å²) in [6.45, 7) is 0.808. The van der Waals surface area contributed by atoms with Gasteiger partial charge < -0.3 is 9.30 Å². The Balaban J connectivity index is 1.34. The number of hydrogen-bond acceptors (Lipinski definition) is 5. The Morgan fingerprint density at radius 2 is 1.75 bits per heavy atom. The third-order valence-corrected chi connectivity index (χ3v) is 6.72. The van der Waals surface area contributed by atoms with Gasteiger partial charge in [-0.1, -0.05) is 30.3 Å². The van der Waals surface area contributed by atoms with Gasteiger partial charge in [-0.15, -0.1) is 0 Å². The van der Waals surface area contributed by atoms with Crippen molar-refractivity contribution in [1.29, 1.82) is 5.26 Å². The first-order valence-corrected chi connectivity index (χ1v) is 12.0. The minimum atomic E-state index is -0.364. The van der Waals surface area contributed by atoms with Crippen molar-refractivity contribution in [1.82, 2.24) is 9.47 Å². The zero-order valence-corrected chi connectivity index (χ0v) is 19.9. The second-order valence-corrected chi connectivity index (χ2v) is 9.17. The average molecular weight is 498 g/mol. The topological polar surface area (TPSA) is 75.3 Å². The van der Waals surface area contributed by atoms with Crippen molar-refractivity contribution >= 4 is 39.9 Å². The fourth-order valence-electron chi connectivity index (χ4n) is 4.02. The minimum absolute atomic E-state index is 0.0971. The van der Waals surface area contributed by atoms with E-state index < -0.39 is 0 Å². The van der Waals surface area contributed by atoms with Crippen molar-refractivity contribution < 1.29 is 18.7 Å². The standard InChI is InChI=1S/C28H20FN3O3S/c29-22-9-11-23(12-10-22)35-14-13-32-27(33)26(36-28(32)34)15-21-18-31(25-4-2-1-3-24(21)25)17-20-7-5-19(16-30)6-8-20/h1-12,15,18H,13-14,17H2/b26-15-. The SMILES string of the molecule is N#Cc1ccc(Cn2cc(/C=C3\SC(=O)N(CCOc4ccc(F)cc4)C3=O)c3ccccc32)cc1. The van der Waals surface area contributed by atoms with Crippen LogP contribution in [0.1, 0.15) is 16.7 Å². The van der Waals surface area contributed by atoms with Gasteiger partial charge in [-0.3, -0.25) is 14.5 Å². The van der Waals surface area contributed by atoms with Crippen LogP contribution in [0, 0.1) is 17.1 Å². The van der Waals surface area contributed by atoms with Crippen LogP contribution in [0.4, 0.5) is 9.18 Å². The Morgan fingerprint density at radius 3 is 2.50 bits per heavy atom. The number of rotatable bonds is 7. The lowest BCUT2D eigenvalue weighted by molar-refractivity contribution is -0.123. The van der Waals surface area contributed by atoms with Crippen LogP contribution in [-0.2, 0) is 11.3 Å². The molecule has 1 aromatic heterocycles. The normalized spacial score (nSPS) is 14.6. The number of amides is 2. The summed E-state index contributed by atoms with van der Waals surface area (Å²) in [5.41, 5.74) is 3.49. The Labute approximate surface area is 211 Å². The first-order valence-electron chi connectivity index (χ1n) is 11.2. The summed E-state index contributed by atoms with van der Waals surface area (Å²) in [4.78, 5) is 27.0. The maximum Gasteiger partial charge on any atom is 0.293 e. The van der Waals surface area contributed by atoms with Crippen molar-refractivity contribution in [3.05, 3.63) is 106 Å². The van der Waals surface area contributed by atoms with Gasteiger partial charge in [0, 0.05) is 29.2 Å². The molecule has 1 saturated heterocycles. The predicted octanol–water partition coefficient (Wildman–Crippen LogP) is 5.82. The number of nitrogens with zero attached hydrogens (tertiary/aromatic N) is 3. The number of hydrogen-bond donors (Lipinski definition) is 0. The molecule has 0 spiro atoms. The van der Waals surface area contributed by atoms with Crippen LogP contribution in [0.15, 0.2) is 83.9 Å². The van der Waals surface area contributed by atoms with Crippen molar-refractivity contribution in [3.63, 3.8) is 0 Å². The van der Waals surface area contributed by atoms with E-state index in [4.69, 9.17) is 10.00 Å². The first-order chi connectivity index (χ1) is 17.5. The van der Waals surface area contributed by atoms with Crippen LogP contribution in [0.2, 0.25) is 0 Å². The molecule has 2 amide bonds. The molecule has 1 aliphatic rings. The molecule has 178 valence electrons. The third kappa shape index (κ3) is 4.88. The average Bonchev–Trinajstić information content (AvgIpc) is 3.37. The molecule has 0 unspecified atom stereocenters. The molecule has 3 aromatic carbocycles. The van der Waals surface area contributed by atoms with E-state index in [1.165, 1.54) is 24.3 Å². The summed E-state index contributed by atoms with van der Waals surface area (Å²) in [7, 11) is 0. The molecule has 36 heavy (non-hydrogen) atoms. The molecule has 0 radical (unpaired) electrons. The Kier molecular flexibility index (Phi) is 6.56. The van der Waals surface area contributed by atoms with Gasteiger partial charge in [-0.25, -0.2) is 4.39 Å². The molecule has 0 saturated carbocycles. The van der Waals surface area contributed by atoms with Gasteiger partial charge in [0.25, 0.3) is 11.1 Å². The van der Waals surface area contributed by atoms with Crippen LogP contribution in [0.3, 0.4) is 0 Å². The number of carbonyl (C=O) groups excluding carboxylic acids is 2. The zero-order chi connectivity index (χ0) is 25.1. The Morgan fingerprint density at radius 1 is 1.00 bits per heavy atom. The van der Waals surface area contributed by atoms with Gasteiger partial charge in [0.15, 0.2) is 0 Å². The molecule has 8 heteroatoms. The van der Waals surface area contributed by atoms with Gasteiger partial charge in [-0.2, -0.15) is 5.26 Å². The number of carbonyl (C=O) groups is 2. The van der Waals surface area contributed by atoms with Gasteiger partial charge in [-0.05, 0) is 65.9 Å². The van der Waals surface area contributed by atoms with Crippen LogP contribution in [0.25, 0.3) is 17.0 Å². The van der Waals surface area contributed by atoms with E-state index >= 15 is 0 Å². The summed E-state index contributed by atoms with van der Waals surface area (Å²) >= 11 is 0.904. The van der Waals surface area contributed by atoms with Gasteiger partial charge in [0.05, 0.1) is 23.1 Å². The number of ether oxygens (including phenoxy) is 1. The number of aromatic nitrogens is 1. The molecule has 1 aliphatic heterocycles. The number of fused-ring (bicyclic) bond motifs is 1. The van der Waals surface area contributed by atoms with Crippen molar-refractivity contribution in [2.75, 3.05) is 13.2 Å². The Bertz CT molecular complexity index is 1520. The van der Waals surface area contributed by atoms with E-state index in [0.717, 1.165) is 38.7 Å². The van der Waals surface area contributed by atoms with E-state index in [9.17, 15) is 14.0 Å². The zero-order valence-electron chi connectivity index (χ0n) is 19.1. The second-order valence-electron chi connectivity index (χ2n) is 8.17. The Hall–Kier alpha value is -4.35. The second kappa shape index (κ2) is 10.1. The van der Waals surface area contributed by atoms with Crippen molar-refractivity contribution in [2.45, 2.75) is 6.54 Å². The highest BCUT2D eigenvalue weighted by molar-refractivity contribution is 8.18. The summed E-state index contributed by atoms with van der Waals surface area (Å²) < 4.78 is 20.7. The highest BCUT2D eigenvalue weighted by Gasteiger charge is 2.35. The van der Waals surface area contributed by atoms with Crippen LogP contribution in [-0.4, -0.2) is 33.8 Å². The first kappa shape index (κ1) is 23.4. The molecular formula is C28H20FN3O3S. The molecule has 6 nitrogen and oxygen atoms in total. The maximum absolute atomic E-state index is 13.0. The summed E-state index contributed by atoms with van der Waals surface area (Å²) in [5, 5.41) is 9.65. The van der Waals surface area contributed by atoms with Crippen molar-refractivity contribution in [2.24, 2.45) is 0 Å². The largest absolute Gasteiger partial charge is 0.492 e. The maximum atomic E-state index is 13.0. The number of para-hydroxylation sites is 1. The number of nitriles is 1. The number of halogens is 1. The van der Waals surface area contributed by atoms with Crippen LogP contribution < -0.4 is 4.74 Å². The molecule has 0 N–H and O–H groups in total. The lowest BCUT2D eigenvalue weighted by atomic mass is 10.1. The lowest BCUT2D eigenvalue weighted by Crippen LogP contribution is -2.32. The van der Waals surface area contributed by atoms with Crippen molar-refractivity contribution in [3.8, 4) is 11.8 Å². The van der Waals surface area contributed by atoms with E-state index in [1.54, 1.807) is 18.2 Å². The fourth-order valence-corrected chi connectivity index (χ4v) is 4.88. The van der Waals surface area contributed by atoms with E-state index in [-0.39, 0.29) is 30.1 Å². The number of thioether (sulfide) groups is 1. The van der Waals surface area contributed by atoms with Crippen LogP contribution in [0.5, 0.6) is 5.75 Å². The minimum Gasteiger partial charge on any atom is -0.492 e. The molecule has 0 atom stereocenters. The molecule has 0 aliphatic carbocycles. The summed E-state index contributed by atoms with van der Waals surface area (Å²) in [5.74, 6) is -0.262. The van der Waals surface area contributed by atoms with Crippen LogP contribution >= 0.6 is 11.8 Å². The molecule has 4 aromatic rings. The summed E-state index contributed by atoms with van der Waals surface area (Å²) in [6, 6.07) is 23.0. The highest BCUT2D eigenvalue weighted by Crippen LogP contribution is 2.34. The summed E-state index contributed by atoms with van der Waals surface area (Å²) in [6.07, 6.45) is 3.72. The van der Waals surface area contributed by atoms with E-state index in [1.807, 2.05) is 42.6 Å². The smallest absolute Gasteiger partial charge is 0.293 e. The van der Waals surface area contributed by atoms with Gasteiger partial charge in [0.1, 0.15) is 18.2 Å². The number of imide groups is 1. The molecule has 1 fully saturated rings. The fraction of sp³-hybridized carbons (Fsp3) is 0.107. The lowest BCUT2D eigenvalue weighted by Gasteiger charge is -2.13. The number of benzene rings is 3. The third-order valence-electron chi connectivity index (χ3n) is 5.81. The monoisotopic (exact) mass is 497 g/mol. The molecular weight excluding hydrogens is 477 g/mol. The molecule has 2 heterocycles. The quantitative estimate of drug-likeness (QED) is 0.301. The van der Waals surface area contributed by atoms with Gasteiger partial charge >= 0.3 is 0 Å². The van der Waals surface area contributed by atoms with Gasteiger partial charge in [0.2, 0.25) is 0 Å². The molecule has 0 bridgehead atoms. The van der Waals surface area contributed by atoms with E-state index in [0.29, 0.717) is 22.8 Å².